The zero-order valence-corrected chi connectivity index (χ0v) is 22.4. The summed E-state index contributed by atoms with van der Waals surface area (Å²) >= 11 is 1.47. The van der Waals surface area contributed by atoms with E-state index in [9.17, 15) is 4.79 Å². The molecule has 0 aromatic heterocycles. The van der Waals surface area contributed by atoms with Gasteiger partial charge in [-0.3, -0.25) is 9.32 Å². The SMILES string of the molecule is CCCCCCCCCCCC(=O)SCCC[Si]1(OCC)OCCC(CCC)CNO1. The lowest BCUT2D eigenvalue weighted by Gasteiger charge is -2.32. The van der Waals surface area contributed by atoms with E-state index in [4.69, 9.17) is 13.4 Å². The van der Waals surface area contributed by atoms with E-state index in [0.29, 0.717) is 30.7 Å². The molecule has 1 aliphatic rings. The molecule has 1 fully saturated rings. The van der Waals surface area contributed by atoms with Crippen molar-refractivity contribution in [1.29, 1.82) is 0 Å². The van der Waals surface area contributed by atoms with E-state index >= 15 is 0 Å². The maximum atomic E-state index is 12.2. The van der Waals surface area contributed by atoms with Crippen LogP contribution < -0.4 is 5.48 Å². The van der Waals surface area contributed by atoms with Gasteiger partial charge < -0.3 is 8.85 Å². The first-order chi connectivity index (χ1) is 15.2. The molecule has 1 saturated heterocycles. The van der Waals surface area contributed by atoms with Gasteiger partial charge in [0.05, 0.1) is 0 Å². The van der Waals surface area contributed by atoms with Gasteiger partial charge in [-0.05, 0) is 38.5 Å². The Morgan fingerprint density at radius 2 is 1.71 bits per heavy atom. The molecule has 0 radical (unpaired) electrons. The van der Waals surface area contributed by atoms with E-state index in [2.05, 4.69) is 19.3 Å². The molecule has 0 spiro atoms. The van der Waals surface area contributed by atoms with Crippen LogP contribution in [-0.4, -0.2) is 39.4 Å². The number of carbonyl (C=O) groups excluding carboxylic acids is 1. The summed E-state index contributed by atoms with van der Waals surface area (Å²) in [5.41, 5.74) is 3.14. The van der Waals surface area contributed by atoms with Crippen molar-refractivity contribution in [3.05, 3.63) is 0 Å². The molecule has 2 unspecified atom stereocenters. The van der Waals surface area contributed by atoms with E-state index in [1.165, 1.54) is 76.0 Å². The smallest absolute Gasteiger partial charge is 0.373 e. The summed E-state index contributed by atoms with van der Waals surface area (Å²) in [5.74, 6) is 1.43. The molecular weight excluding hydrogens is 426 g/mol. The lowest BCUT2D eigenvalue weighted by atomic mass is 10.0. The molecule has 1 heterocycles. The van der Waals surface area contributed by atoms with Crippen LogP contribution in [0.4, 0.5) is 0 Å². The highest BCUT2D eigenvalue weighted by atomic mass is 32.2. The molecule has 0 bridgehead atoms. The molecule has 0 saturated carbocycles. The minimum absolute atomic E-state index is 0.329. The summed E-state index contributed by atoms with van der Waals surface area (Å²) < 4.78 is 18.1. The van der Waals surface area contributed by atoms with Gasteiger partial charge in [0, 0.05) is 38.0 Å². The summed E-state index contributed by atoms with van der Waals surface area (Å²) in [7, 11) is -2.68. The number of hydroxylamine groups is 1. The standard InChI is InChI=1S/C24H49NO4SSi/c1-4-7-8-9-10-11-12-13-14-17-24(26)30-20-15-21-31(27-6-3)28-19-18-23(16-5-2)22-25-29-31/h23,25H,4-22H2,1-3H3. The van der Waals surface area contributed by atoms with Crippen LogP contribution >= 0.6 is 11.8 Å². The topological polar surface area (TPSA) is 56.8 Å². The third-order valence-electron chi connectivity index (χ3n) is 5.88. The van der Waals surface area contributed by atoms with Gasteiger partial charge >= 0.3 is 8.80 Å². The van der Waals surface area contributed by atoms with Crippen LogP contribution in [0.2, 0.25) is 6.04 Å². The molecule has 0 aromatic rings. The lowest BCUT2D eigenvalue weighted by Crippen LogP contribution is -2.52. The number of nitrogens with one attached hydrogen (secondary N) is 1. The van der Waals surface area contributed by atoms with Crippen LogP contribution in [0.15, 0.2) is 0 Å². The number of hydrogen-bond donors (Lipinski definition) is 1. The second-order valence-corrected chi connectivity index (χ2v) is 12.6. The maximum absolute atomic E-state index is 12.2. The fourth-order valence-electron chi connectivity index (χ4n) is 4.05. The molecule has 1 rings (SSSR count). The van der Waals surface area contributed by atoms with Gasteiger partial charge in [0.1, 0.15) is 0 Å². The van der Waals surface area contributed by atoms with Crippen molar-refractivity contribution in [1.82, 2.24) is 5.48 Å². The van der Waals surface area contributed by atoms with E-state index in [1.807, 2.05) is 6.92 Å². The van der Waals surface area contributed by atoms with E-state index in [-0.39, 0.29) is 0 Å². The maximum Gasteiger partial charge on any atom is 0.517 e. The Balaban J connectivity index is 2.13. The summed E-state index contributed by atoms with van der Waals surface area (Å²) in [5, 5.41) is 0.329. The number of unbranched alkanes of at least 4 members (excludes halogenated alkanes) is 8. The first kappa shape index (κ1) is 29.1. The molecular formula is C24H49NO4SSi. The molecule has 1 N–H and O–H groups in total. The number of carbonyl (C=O) groups is 1. The molecule has 0 aliphatic carbocycles. The number of hydrogen-bond acceptors (Lipinski definition) is 6. The lowest BCUT2D eigenvalue weighted by molar-refractivity contribution is -0.111. The van der Waals surface area contributed by atoms with Crippen LogP contribution in [0.3, 0.4) is 0 Å². The monoisotopic (exact) mass is 475 g/mol. The molecule has 5 nitrogen and oxygen atoms in total. The Hall–Kier alpha value is 0.0769. The first-order valence-electron chi connectivity index (χ1n) is 13.0. The molecule has 184 valence electrons. The third kappa shape index (κ3) is 14.8. The average molecular weight is 476 g/mol. The Kier molecular flexibility index (Phi) is 18.3. The minimum Gasteiger partial charge on any atom is -0.373 e. The number of thioether (sulfide) groups is 1. The highest BCUT2D eigenvalue weighted by molar-refractivity contribution is 8.13. The second-order valence-electron chi connectivity index (χ2n) is 8.76. The number of rotatable bonds is 18. The Morgan fingerprint density at radius 3 is 2.39 bits per heavy atom. The van der Waals surface area contributed by atoms with Gasteiger partial charge in [-0.2, -0.15) is 0 Å². The minimum atomic E-state index is -2.68. The quantitative estimate of drug-likeness (QED) is 0.172. The van der Waals surface area contributed by atoms with Crippen LogP contribution in [0.1, 0.15) is 111 Å². The summed E-state index contributed by atoms with van der Waals surface area (Å²) in [6, 6.07) is 0.768. The summed E-state index contributed by atoms with van der Waals surface area (Å²) in [6.45, 7) is 8.64. The van der Waals surface area contributed by atoms with E-state index in [1.54, 1.807) is 0 Å². The molecule has 7 heteroatoms. The van der Waals surface area contributed by atoms with Crippen LogP contribution in [0.25, 0.3) is 0 Å². The van der Waals surface area contributed by atoms with Gasteiger partial charge in [-0.25, -0.2) is 5.48 Å². The predicted octanol–water partition coefficient (Wildman–Crippen LogP) is 6.89. The molecule has 0 aromatic carbocycles. The van der Waals surface area contributed by atoms with Crippen molar-refractivity contribution in [3.63, 3.8) is 0 Å². The Labute approximate surface area is 197 Å². The second kappa shape index (κ2) is 19.5. The highest BCUT2D eigenvalue weighted by Gasteiger charge is 2.42. The zero-order chi connectivity index (χ0) is 22.6. The average Bonchev–Trinajstić information content (AvgIpc) is 2.74. The first-order valence-corrected chi connectivity index (χ1v) is 15.9. The van der Waals surface area contributed by atoms with Gasteiger partial charge in [0.15, 0.2) is 5.12 Å². The fraction of sp³-hybridized carbons (Fsp3) is 0.958. The molecule has 1 aliphatic heterocycles. The van der Waals surface area contributed by atoms with Gasteiger partial charge in [-0.1, -0.05) is 83.4 Å². The normalized spacial score (nSPS) is 22.2. The molecule has 31 heavy (non-hydrogen) atoms. The highest BCUT2D eigenvalue weighted by Crippen LogP contribution is 2.23. The van der Waals surface area contributed by atoms with Crippen molar-refractivity contribution in [2.24, 2.45) is 5.92 Å². The fourth-order valence-corrected chi connectivity index (χ4v) is 7.48. The Bertz CT molecular complexity index is 432. The summed E-state index contributed by atoms with van der Waals surface area (Å²) in [6.07, 6.45) is 16.6. The van der Waals surface area contributed by atoms with Crippen molar-refractivity contribution >= 4 is 25.7 Å². The van der Waals surface area contributed by atoms with Crippen LogP contribution in [0.5, 0.6) is 0 Å². The van der Waals surface area contributed by atoms with Crippen LogP contribution in [0, 0.1) is 5.92 Å². The van der Waals surface area contributed by atoms with E-state index < -0.39 is 8.80 Å². The van der Waals surface area contributed by atoms with E-state index in [0.717, 1.165) is 37.6 Å². The van der Waals surface area contributed by atoms with Crippen molar-refractivity contribution in [2.75, 3.05) is 25.5 Å². The molecule has 2 atom stereocenters. The third-order valence-corrected chi connectivity index (χ3v) is 9.70. The van der Waals surface area contributed by atoms with Gasteiger partial charge in [0.25, 0.3) is 0 Å². The largest absolute Gasteiger partial charge is 0.517 e. The summed E-state index contributed by atoms with van der Waals surface area (Å²) in [4.78, 5) is 12.2. The van der Waals surface area contributed by atoms with Crippen molar-refractivity contribution in [2.45, 2.75) is 117 Å². The molecule has 0 amide bonds. The van der Waals surface area contributed by atoms with Crippen molar-refractivity contribution < 1.29 is 18.2 Å². The predicted molar refractivity (Wildman–Crippen MR) is 134 cm³/mol. The van der Waals surface area contributed by atoms with Gasteiger partial charge in [0.2, 0.25) is 0 Å². The van der Waals surface area contributed by atoms with Crippen molar-refractivity contribution in [3.8, 4) is 0 Å². The van der Waals surface area contributed by atoms with Crippen LogP contribution in [-0.2, 0) is 18.2 Å². The Morgan fingerprint density at radius 1 is 1.00 bits per heavy atom. The zero-order valence-electron chi connectivity index (χ0n) is 20.6. The van der Waals surface area contributed by atoms with Gasteiger partial charge in [-0.15, -0.1) is 0 Å².